The maximum atomic E-state index is 5.42. The van der Waals surface area contributed by atoms with E-state index in [4.69, 9.17) is 4.74 Å². The molecular weight excluding hydrogens is 170 g/mol. The van der Waals surface area contributed by atoms with Crippen molar-refractivity contribution in [1.29, 1.82) is 0 Å². The summed E-state index contributed by atoms with van der Waals surface area (Å²) in [6.45, 7) is 2.92. The van der Waals surface area contributed by atoms with Crippen molar-refractivity contribution in [2.24, 2.45) is 0 Å². The molecule has 0 N–H and O–H groups in total. The van der Waals surface area contributed by atoms with Crippen molar-refractivity contribution >= 4 is 11.8 Å². The Labute approximate surface area is 77.3 Å². The molecule has 0 saturated carbocycles. The summed E-state index contributed by atoms with van der Waals surface area (Å²) < 4.78 is 5.42. The monoisotopic (exact) mass is 183 g/mol. The van der Waals surface area contributed by atoms with Gasteiger partial charge in [-0.1, -0.05) is 6.92 Å². The van der Waals surface area contributed by atoms with Gasteiger partial charge in [0.15, 0.2) is 0 Å². The third kappa shape index (κ3) is 3.62. The number of hydrogen-bond donors (Lipinski definition) is 0. The zero-order chi connectivity index (χ0) is 8.65. The molecular formula is C9H13NOS. The summed E-state index contributed by atoms with van der Waals surface area (Å²) in [6, 6.07) is 3.80. The Bertz CT molecular complexity index is 203. The van der Waals surface area contributed by atoms with E-state index in [1.165, 1.54) is 0 Å². The van der Waals surface area contributed by atoms with E-state index in [0.717, 1.165) is 23.9 Å². The smallest absolute Gasteiger partial charge is 0.137 e. The van der Waals surface area contributed by atoms with Crippen LogP contribution in [0.2, 0.25) is 0 Å². The Balaban J connectivity index is 2.16. The van der Waals surface area contributed by atoms with Crippen molar-refractivity contribution in [3.05, 3.63) is 24.5 Å². The molecule has 1 rings (SSSR count). The van der Waals surface area contributed by atoms with Crippen molar-refractivity contribution in [2.45, 2.75) is 6.92 Å². The molecule has 0 spiro atoms. The zero-order valence-electron chi connectivity index (χ0n) is 7.19. The van der Waals surface area contributed by atoms with Crippen LogP contribution < -0.4 is 4.74 Å². The minimum absolute atomic E-state index is 0.768. The van der Waals surface area contributed by atoms with Gasteiger partial charge in [0.2, 0.25) is 0 Å². The van der Waals surface area contributed by atoms with Crippen LogP contribution in [-0.2, 0) is 0 Å². The first-order chi connectivity index (χ1) is 5.93. The molecule has 0 aromatic carbocycles. The number of thioether (sulfide) groups is 1. The van der Waals surface area contributed by atoms with Crippen molar-refractivity contribution in [1.82, 2.24) is 4.98 Å². The molecule has 0 radical (unpaired) electrons. The molecule has 1 heterocycles. The van der Waals surface area contributed by atoms with Gasteiger partial charge in [-0.15, -0.1) is 0 Å². The first-order valence-electron chi connectivity index (χ1n) is 4.04. The van der Waals surface area contributed by atoms with Crippen molar-refractivity contribution < 1.29 is 4.74 Å². The number of aromatic nitrogens is 1. The van der Waals surface area contributed by atoms with Crippen LogP contribution >= 0.6 is 11.8 Å². The highest BCUT2D eigenvalue weighted by atomic mass is 32.2. The zero-order valence-corrected chi connectivity index (χ0v) is 8.01. The molecule has 0 aliphatic carbocycles. The van der Waals surface area contributed by atoms with Crippen LogP contribution in [0.25, 0.3) is 0 Å². The van der Waals surface area contributed by atoms with Gasteiger partial charge in [-0.05, 0) is 17.9 Å². The molecule has 12 heavy (non-hydrogen) atoms. The van der Waals surface area contributed by atoms with Crippen molar-refractivity contribution in [3.8, 4) is 5.75 Å². The Hall–Kier alpha value is -0.700. The van der Waals surface area contributed by atoms with Gasteiger partial charge < -0.3 is 4.74 Å². The molecule has 1 aromatic heterocycles. The van der Waals surface area contributed by atoms with Crippen LogP contribution in [0.15, 0.2) is 24.5 Å². The fraction of sp³-hybridized carbons (Fsp3) is 0.444. The maximum absolute atomic E-state index is 5.42. The van der Waals surface area contributed by atoms with Gasteiger partial charge in [0.1, 0.15) is 5.75 Å². The molecule has 0 aliphatic heterocycles. The number of nitrogens with zero attached hydrogens (tertiary/aromatic N) is 1. The van der Waals surface area contributed by atoms with E-state index in [1.807, 2.05) is 23.9 Å². The second-order valence-corrected chi connectivity index (χ2v) is 3.63. The molecule has 1 aromatic rings. The number of hydrogen-bond acceptors (Lipinski definition) is 3. The molecule has 0 atom stereocenters. The summed E-state index contributed by atoms with van der Waals surface area (Å²) in [5, 5.41) is 0. The fourth-order valence-corrected chi connectivity index (χ4v) is 1.29. The van der Waals surface area contributed by atoms with Gasteiger partial charge in [-0.2, -0.15) is 11.8 Å². The van der Waals surface area contributed by atoms with E-state index in [-0.39, 0.29) is 0 Å². The first kappa shape index (κ1) is 9.39. The average Bonchev–Trinajstić information content (AvgIpc) is 2.14. The summed E-state index contributed by atoms with van der Waals surface area (Å²) in [5.41, 5.74) is 0. The van der Waals surface area contributed by atoms with E-state index < -0.39 is 0 Å². The lowest BCUT2D eigenvalue weighted by atomic mass is 10.5. The first-order valence-corrected chi connectivity index (χ1v) is 5.19. The molecule has 66 valence electrons. The highest BCUT2D eigenvalue weighted by molar-refractivity contribution is 7.99. The van der Waals surface area contributed by atoms with Crippen LogP contribution in [-0.4, -0.2) is 23.1 Å². The fourth-order valence-electron chi connectivity index (χ4n) is 0.795. The molecule has 0 fully saturated rings. The largest absolute Gasteiger partial charge is 0.491 e. The lowest BCUT2D eigenvalue weighted by Gasteiger charge is -2.03. The molecule has 2 nitrogen and oxygen atoms in total. The lowest BCUT2D eigenvalue weighted by Crippen LogP contribution is -2.00. The topological polar surface area (TPSA) is 22.1 Å². The van der Waals surface area contributed by atoms with Crippen LogP contribution in [0.4, 0.5) is 0 Å². The summed E-state index contributed by atoms with van der Waals surface area (Å²) in [5.74, 6) is 3.05. The molecule has 0 saturated heterocycles. The van der Waals surface area contributed by atoms with Crippen LogP contribution in [0, 0.1) is 0 Å². The van der Waals surface area contributed by atoms with Crippen molar-refractivity contribution in [3.63, 3.8) is 0 Å². The predicted molar refractivity (Wildman–Crippen MR) is 52.7 cm³/mol. The Morgan fingerprint density at radius 2 is 2.50 bits per heavy atom. The maximum Gasteiger partial charge on any atom is 0.137 e. The van der Waals surface area contributed by atoms with E-state index in [1.54, 1.807) is 12.4 Å². The Kier molecular flexibility index (Phi) is 4.61. The van der Waals surface area contributed by atoms with Gasteiger partial charge in [0.25, 0.3) is 0 Å². The lowest BCUT2D eigenvalue weighted by molar-refractivity contribution is 0.342. The highest BCUT2D eigenvalue weighted by Gasteiger charge is 1.90. The average molecular weight is 183 g/mol. The second-order valence-electron chi connectivity index (χ2n) is 2.23. The second kappa shape index (κ2) is 5.89. The quantitative estimate of drug-likeness (QED) is 0.653. The Morgan fingerprint density at radius 1 is 1.58 bits per heavy atom. The summed E-state index contributed by atoms with van der Waals surface area (Å²) in [6.07, 6.45) is 3.48. The minimum Gasteiger partial charge on any atom is -0.491 e. The molecule has 0 unspecified atom stereocenters. The van der Waals surface area contributed by atoms with E-state index in [9.17, 15) is 0 Å². The molecule has 3 heteroatoms. The summed E-state index contributed by atoms with van der Waals surface area (Å²) in [4.78, 5) is 3.95. The summed E-state index contributed by atoms with van der Waals surface area (Å²) in [7, 11) is 0. The summed E-state index contributed by atoms with van der Waals surface area (Å²) >= 11 is 1.88. The number of ether oxygens (including phenoxy) is 1. The van der Waals surface area contributed by atoms with Crippen LogP contribution in [0.1, 0.15) is 6.92 Å². The third-order valence-corrected chi connectivity index (χ3v) is 2.20. The SMILES string of the molecule is CCSCCOc1cccnc1. The van der Waals surface area contributed by atoms with E-state index >= 15 is 0 Å². The standard InChI is InChI=1S/C9H13NOS/c1-2-12-7-6-11-9-4-3-5-10-8-9/h3-5,8H,2,6-7H2,1H3. The normalized spacial score (nSPS) is 9.75. The van der Waals surface area contributed by atoms with Crippen LogP contribution in [0.3, 0.4) is 0 Å². The van der Waals surface area contributed by atoms with Gasteiger partial charge in [-0.3, -0.25) is 4.98 Å². The van der Waals surface area contributed by atoms with E-state index in [2.05, 4.69) is 11.9 Å². The van der Waals surface area contributed by atoms with E-state index in [0.29, 0.717) is 0 Å². The van der Waals surface area contributed by atoms with Gasteiger partial charge in [0.05, 0.1) is 12.8 Å². The van der Waals surface area contributed by atoms with Gasteiger partial charge in [-0.25, -0.2) is 0 Å². The van der Waals surface area contributed by atoms with Gasteiger partial charge >= 0.3 is 0 Å². The molecule has 0 amide bonds. The predicted octanol–water partition coefficient (Wildman–Crippen LogP) is 2.21. The molecule has 0 aliphatic rings. The molecule has 0 bridgehead atoms. The highest BCUT2D eigenvalue weighted by Crippen LogP contribution is 2.07. The van der Waals surface area contributed by atoms with Crippen LogP contribution in [0.5, 0.6) is 5.75 Å². The van der Waals surface area contributed by atoms with Crippen molar-refractivity contribution in [2.75, 3.05) is 18.1 Å². The third-order valence-electron chi connectivity index (χ3n) is 1.33. The van der Waals surface area contributed by atoms with Gasteiger partial charge in [0, 0.05) is 11.9 Å². The minimum atomic E-state index is 0.768. The Morgan fingerprint density at radius 3 is 3.17 bits per heavy atom. The number of rotatable bonds is 5. The number of pyridine rings is 1.